The second-order valence-corrected chi connectivity index (χ2v) is 6.01. The highest BCUT2D eigenvalue weighted by Crippen LogP contribution is 2.32. The zero-order chi connectivity index (χ0) is 19.4. The van der Waals surface area contributed by atoms with Crippen LogP contribution < -0.4 is 4.90 Å². The summed E-state index contributed by atoms with van der Waals surface area (Å²) in [5.41, 5.74) is 1.08. The molecule has 0 aliphatic rings. The maximum atomic E-state index is 12.8. The molecular formula is C19H16F3N3O2. The van der Waals surface area contributed by atoms with Crippen LogP contribution in [0.1, 0.15) is 21.5 Å². The number of rotatable bonds is 6. The van der Waals surface area contributed by atoms with E-state index in [2.05, 4.69) is 10.1 Å². The lowest BCUT2D eigenvalue weighted by atomic mass is 10.1. The Bertz CT molecular complexity index is 920. The average Bonchev–Trinajstić information content (AvgIpc) is 3.16. The van der Waals surface area contributed by atoms with Gasteiger partial charge in [-0.3, -0.25) is 4.79 Å². The minimum atomic E-state index is -4.44. The van der Waals surface area contributed by atoms with Crippen LogP contribution in [-0.4, -0.2) is 30.0 Å². The summed E-state index contributed by atoms with van der Waals surface area (Å²) in [4.78, 5) is 16.6. The molecule has 0 unspecified atom stereocenters. The van der Waals surface area contributed by atoms with Crippen LogP contribution in [-0.2, 0) is 12.6 Å². The number of carbonyl (C=O) groups is 1. The first-order valence-electron chi connectivity index (χ1n) is 8.13. The molecule has 0 saturated carbocycles. The van der Waals surface area contributed by atoms with E-state index >= 15 is 0 Å². The van der Waals surface area contributed by atoms with Crippen LogP contribution in [0.2, 0.25) is 0 Å². The molecule has 0 spiro atoms. The van der Waals surface area contributed by atoms with Crippen LogP contribution in [0, 0.1) is 0 Å². The van der Waals surface area contributed by atoms with Gasteiger partial charge in [0.05, 0.1) is 5.56 Å². The number of nitrogens with zero attached hydrogens (tertiary/aromatic N) is 3. The first kappa shape index (κ1) is 18.6. The predicted octanol–water partition coefficient (Wildman–Crippen LogP) is 4.25. The summed E-state index contributed by atoms with van der Waals surface area (Å²) in [6.07, 6.45) is -2.97. The third-order valence-electron chi connectivity index (χ3n) is 4.05. The Morgan fingerprint density at radius 2 is 1.89 bits per heavy atom. The summed E-state index contributed by atoms with van der Waals surface area (Å²) < 4.78 is 43.6. The van der Waals surface area contributed by atoms with Gasteiger partial charge in [0.1, 0.15) is 6.29 Å². The number of anilines is 1. The van der Waals surface area contributed by atoms with Crippen LogP contribution >= 0.6 is 0 Å². The monoisotopic (exact) mass is 375 g/mol. The number of halogens is 3. The Hall–Kier alpha value is -3.16. The van der Waals surface area contributed by atoms with Crippen LogP contribution in [0.15, 0.2) is 53.1 Å². The van der Waals surface area contributed by atoms with E-state index in [4.69, 9.17) is 4.52 Å². The van der Waals surface area contributed by atoms with E-state index < -0.39 is 11.7 Å². The molecule has 0 saturated heterocycles. The van der Waals surface area contributed by atoms with Crippen molar-refractivity contribution >= 4 is 12.2 Å². The van der Waals surface area contributed by atoms with E-state index in [9.17, 15) is 18.0 Å². The molecule has 27 heavy (non-hydrogen) atoms. The Morgan fingerprint density at radius 1 is 1.15 bits per heavy atom. The molecule has 8 heteroatoms. The van der Waals surface area contributed by atoms with Gasteiger partial charge in [0.15, 0.2) is 0 Å². The van der Waals surface area contributed by atoms with Crippen LogP contribution in [0.25, 0.3) is 11.5 Å². The van der Waals surface area contributed by atoms with Gasteiger partial charge >= 0.3 is 6.18 Å². The van der Waals surface area contributed by atoms with Gasteiger partial charge in [0.2, 0.25) is 0 Å². The standard InChI is InChI=1S/C19H16F3N3O2/c1-25(10-9-13-5-7-14(12-26)8-6-13)18-23-17(27-24-18)15-3-2-4-16(11-15)19(20,21)22/h2-8,11-12H,9-10H2,1H3. The van der Waals surface area contributed by atoms with E-state index in [-0.39, 0.29) is 17.4 Å². The highest BCUT2D eigenvalue weighted by molar-refractivity contribution is 5.74. The van der Waals surface area contributed by atoms with Crippen molar-refractivity contribution in [2.45, 2.75) is 12.6 Å². The molecule has 0 N–H and O–H groups in total. The minimum absolute atomic E-state index is 0.0262. The zero-order valence-electron chi connectivity index (χ0n) is 14.4. The van der Waals surface area contributed by atoms with Crippen molar-refractivity contribution in [1.82, 2.24) is 10.1 Å². The smallest absolute Gasteiger partial charge is 0.341 e. The number of alkyl halides is 3. The van der Waals surface area contributed by atoms with Gasteiger partial charge in [-0.15, -0.1) is 0 Å². The summed E-state index contributed by atoms with van der Waals surface area (Å²) in [5, 5.41) is 3.84. The lowest BCUT2D eigenvalue weighted by Crippen LogP contribution is -2.21. The summed E-state index contributed by atoms with van der Waals surface area (Å²) >= 11 is 0. The van der Waals surface area contributed by atoms with E-state index in [0.29, 0.717) is 18.5 Å². The molecule has 140 valence electrons. The van der Waals surface area contributed by atoms with Gasteiger partial charge in [0, 0.05) is 24.7 Å². The Balaban J connectivity index is 1.68. The van der Waals surface area contributed by atoms with Crippen LogP contribution in [0.5, 0.6) is 0 Å². The van der Waals surface area contributed by atoms with Crippen molar-refractivity contribution in [2.24, 2.45) is 0 Å². The third kappa shape index (κ3) is 4.52. The van der Waals surface area contributed by atoms with Gasteiger partial charge in [0.25, 0.3) is 11.8 Å². The molecule has 2 aromatic carbocycles. The van der Waals surface area contributed by atoms with Gasteiger partial charge in [-0.25, -0.2) is 0 Å². The van der Waals surface area contributed by atoms with E-state index in [1.54, 1.807) is 24.1 Å². The number of hydrogen-bond acceptors (Lipinski definition) is 5. The van der Waals surface area contributed by atoms with Gasteiger partial charge in [-0.05, 0) is 35.3 Å². The molecule has 0 amide bonds. The van der Waals surface area contributed by atoms with Crippen molar-refractivity contribution in [3.63, 3.8) is 0 Å². The van der Waals surface area contributed by atoms with Crippen LogP contribution in [0.4, 0.5) is 19.1 Å². The molecule has 1 aromatic heterocycles. The number of carbonyl (C=O) groups excluding carboxylic acids is 1. The van der Waals surface area contributed by atoms with E-state index in [1.807, 2.05) is 12.1 Å². The maximum Gasteiger partial charge on any atom is 0.416 e. The highest BCUT2D eigenvalue weighted by atomic mass is 19.4. The molecule has 5 nitrogen and oxygen atoms in total. The first-order chi connectivity index (χ1) is 12.9. The molecule has 0 bridgehead atoms. The maximum absolute atomic E-state index is 12.8. The molecular weight excluding hydrogens is 359 g/mol. The Labute approximate surface area is 153 Å². The van der Waals surface area contributed by atoms with Crippen molar-refractivity contribution in [2.75, 3.05) is 18.5 Å². The van der Waals surface area contributed by atoms with Crippen LogP contribution in [0.3, 0.4) is 0 Å². The quantitative estimate of drug-likeness (QED) is 0.603. The fourth-order valence-electron chi connectivity index (χ4n) is 2.48. The zero-order valence-corrected chi connectivity index (χ0v) is 14.4. The van der Waals surface area contributed by atoms with Crippen molar-refractivity contribution in [1.29, 1.82) is 0 Å². The lowest BCUT2D eigenvalue weighted by Gasteiger charge is -2.13. The first-order valence-corrected chi connectivity index (χ1v) is 8.13. The molecule has 0 aliphatic heterocycles. The second-order valence-electron chi connectivity index (χ2n) is 6.01. The molecule has 0 fully saturated rings. The van der Waals surface area contributed by atoms with Gasteiger partial charge < -0.3 is 9.42 Å². The number of aromatic nitrogens is 2. The largest absolute Gasteiger partial charge is 0.416 e. The third-order valence-corrected chi connectivity index (χ3v) is 4.05. The Morgan fingerprint density at radius 3 is 2.56 bits per heavy atom. The fraction of sp³-hybridized carbons (Fsp3) is 0.211. The van der Waals surface area contributed by atoms with Crippen molar-refractivity contribution in [3.05, 3.63) is 65.2 Å². The van der Waals surface area contributed by atoms with E-state index in [0.717, 1.165) is 24.0 Å². The SMILES string of the molecule is CN(CCc1ccc(C=O)cc1)c1noc(-c2cccc(C(F)(F)F)c2)n1. The fourth-order valence-corrected chi connectivity index (χ4v) is 2.48. The molecule has 3 rings (SSSR count). The summed E-state index contributed by atoms with van der Waals surface area (Å²) in [5.74, 6) is 0.310. The summed E-state index contributed by atoms with van der Waals surface area (Å²) in [6, 6.07) is 12.0. The number of hydrogen-bond donors (Lipinski definition) is 0. The normalized spacial score (nSPS) is 11.4. The number of benzene rings is 2. The van der Waals surface area contributed by atoms with Gasteiger partial charge in [-0.1, -0.05) is 30.3 Å². The van der Waals surface area contributed by atoms with Crippen molar-refractivity contribution in [3.8, 4) is 11.5 Å². The molecule has 3 aromatic rings. The molecule has 0 aliphatic carbocycles. The number of likely N-dealkylation sites (N-methyl/N-ethyl adjacent to an activating group) is 1. The minimum Gasteiger partial charge on any atom is -0.341 e. The molecule has 0 radical (unpaired) electrons. The molecule has 0 atom stereocenters. The number of aldehydes is 1. The van der Waals surface area contributed by atoms with E-state index in [1.165, 1.54) is 12.1 Å². The van der Waals surface area contributed by atoms with Crippen molar-refractivity contribution < 1.29 is 22.5 Å². The highest BCUT2D eigenvalue weighted by Gasteiger charge is 2.31. The second kappa shape index (κ2) is 7.61. The Kier molecular flexibility index (Phi) is 5.25. The summed E-state index contributed by atoms with van der Waals surface area (Å²) in [7, 11) is 1.76. The van der Waals surface area contributed by atoms with Gasteiger partial charge in [-0.2, -0.15) is 18.2 Å². The lowest BCUT2D eigenvalue weighted by molar-refractivity contribution is -0.137. The summed E-state index contributed by atoms with van der Waals surface area (Å²) in [6.45, 7) is 0.571. The predicted molar refractivity (Wildman–Crippen MR) is 93.5 cm³/mol. The topological polar surface area (TPSA) is 59.2 Å². The average molecular weight is 375 g/mol. The molecule has 1 heterocycles.